The molecule has 0 aromatic heterocycles. The Morgan fingerprint density at radius 2 is 1.61 bits per heavy atom. The maximum Gasteiger partial charge on any atom is 0.0651 e. The highest BCUT2D eigenvalue weighted by Gasteiger charge is 2.09. The van der Waals surface area contributed by atoms with Crippen LogP contribution in [0.2, 0.25) is 0 Å². The molecule has 0 heterocycles. The van der Waals surface area contributed by atoms with E-state index in [2.05, 4.69) is 58.4 Å². The molecule has 0 N–H and O–H groups in total. The van der Waals surface area contributed by atoms with Crippen molar-refractivity contribution in [1.82, 2.24) is 0 Å². The van der Waals surface area contributed by atoms with Crippen LogP contribution in [0.5, 0.6) is 0 Å². The third-order valence-corrected chi connectivity index (χ3v) is 3.49. The first-order valence-corrected chi connectivity index (χ1v) is 6.88. The standard InChI is InChI=1S/C16H17BrO/c1-18-16(11-13-6-3-2-4-7-13)12-14-8-5-9-15(17)10-14/h2-10,16H,11-12H2,1H3/t16-/m1/s1. The first-order chi connectivity index (χ1) is 8.78. The number of methoxy groups -OCH3 is 1. The zero-order valence-corrected chi connectivity index (χ0v) is 12.1. The van der Waals surface area contributed by atoms with Crippen LogP contribution in [-0.4, -0.2) is 13.2 Å². The van der Waals surface area contributed by atoms with Crippen LogP contribution in [0.4, 0.5) is 0 Å². The molecule has 0 bridgehead atoms. The van der Waals surface area contributed by atoms with E-state index in [9.17, 15) is 0 Å². The SMILES string of the molecule is CO[C@H](Cc1ccccc1)Cc1cccc(Br)c1. The van der Waals surface area contributed by atoms with E-state index >= 15 is 0 Å². The van der Waals surface area contributed by atoms with Gasteiger partial charge in [-0.3, -0.25) is 0 Å². The second kappa shape index (κ2) is 6.72. The van der Waals surface area contributed by atoms with E-state index in [1.807, 2.05) is 12.1 Å². The minimum Gasteiger partial charge on any atom is -0.381 e. The van der Waals surface area contributed by atoms with E-state index < -0.39 is 0 Å². The molecule has 0 aliphatic carbocycles. The maximum atomic E-state index is 5.58. The average molecular weight is 305 g/mol. The van der Waals surface area contributed by atoms with Crippen molar-refractivity contribution in [3.05, 3.63) is 70.2 Å². The molecule has 0 aliphatic heterocycles. The van der Waals surface area contributed by atoms with Gasteiger partial charge in [0.2, 0.25) is 0 Å². The van der Waals surface area contributed by atoms with Crippen LogP contribution >= 0.6 is 15.9 Å². The number of rotatable bonds is 5. The summed E-state index contributed by atoms with van der Waals surface area (Å²) < 4.78 is 6.70. The van der Waals surface area contributed by atoms with Gasteiger partial charge in [-0.25, -0.2) is 0 Å². The van der Waals surface area contributed by atoms with Gasteiger partial charge in [0.1, 0.15) is 0 Å². The first-order valence-electron chi connectivity index (χ1n) is 6.09. The number of benzene rings is 2. The summed E-state index contributed by atoms with van der Waals surface area (Å²) in [6.07, 6.45) is 2.11. The fourth-order valence-corrected chi connectivity index (χ4v) is 2.49. The lowest BCUT2D eigenvalue weighted by Crippen LogP contribution is -2.17. The Morgan fingerprint density at radius 3 is 2.28 bits per heavy atom. The average Bonchev–Trinajstić information content (AvgIpc) is 2.39. The summed E-state index contributed by atoms with van der Waals surface area (Å²) in [5.41, 5.74) is 2.62. The number of hydrogen-bond acceptors (Lipinski definition) is 1. The van der Waals surface area contributed by atoms with E-state index in [1.54, 1.807) is 7.11 Å². The van der Waals surface area contributed by atoms with Gasteiger partial charge in [-0.05, 0) is 36.1 Å². The molecule has 0 saturated carbocycles. The van der Waals surface area contributed by atoms with Gasteiger partial charge >= 0.3 is 0 Å². The smallest absolute Gasteiger partial charge is 0.0651 e. The van der Waals surface area contributed by atoms with Crippen molar-refractivity contribution in [3.8, 4) is 0 Å². The van der Waals surface area contributed by atoms with E-state index in [-0.39, 0.29) is 6.10 Å². The predicted octanol–water partition coefficient (Wildman–Crippen LogP) is 4.25. The highest BCUT2D eigenvalue weighted by Crippen LogP contribution is 2.16. The van der Waals surface area contributed by atoms with Crippen LogP contribution in [0.25, 0.3) is 0 Å². The van der Waals surface area contributed by atoms with Crippen LogP contribution in [0, 0.1) is 0 Å². The fraction of sp³-hybridized carbons (Fsp3) is 0.250. The molecular weight excluding hydrogens is 288 g/mol. The molecule has 0 saturated heterocycles. The lowest BCUT2D eigenvalue weighted by molar-refractivity contribution is 0.103. The molecule has 0 spiro atoms. The Morgan fingerprint density at radius 1 is 0.944 bits per heavy atom. The van der Waals surface area contributed by atoms with Crippen LogP contribution in [0.15, 0.2) is 59.1 Å². The van der Waals surface area contributed by atoms with Gasteiger partial charge in [0.15, 0.2) is 0 Å². The van der Waals surface area contributed by atoms with E-state index in [1.165, 1.54) is 11.1 Å². The summed E-state index contributed by atoms with van der Waals surface area (Å²) in [6.45, 7) is 0. The maximum absolute atomic E-state index is 5.58. The van der Waals surface area contributed by atoms with Crippen molar-refractivity contribution in [2.45, 2.75) is 18.9 Å². The molecule has 18 heavy (non-hydrogen) atoms. The van der Waals surface area contributed by atoms with Gasteiger partial charge in [0.05, 0.1) is 6.10 Å². The molecular formula is C16H17BrO. The minimum absolute atomic E-state index is 0.224. The molecule has 0 radical (unpaired) electrons. The Hall–Kier alpha value is -1.12. The van der Waals surface area contributed by atoms with Gasteiger partial charge in [0.25, 0.3) is 0 Å². The lowest BCUT2D eigenvalue weighted by atomic mass is 10.0. The van der Waals surface area contributed by atoms with E-state index in [0.717, 1.165) is 17.3 Å². The van der Waals surface area contributed by atoms with Crippen molar-refractivity contribution < 1.29 is 4.74 Å². The molecule has 0 fully saturated rings. The number of hydrogen-bond donors (Lipinski definition) is 0. The molecule has 2 heteroatoms. The van der Waals surface area contributed by atoms with Crippen LogP contribution < -0.4 is 0 Å². The van der Waals surface area contributed by atoms with E-state index in [0.29, 0.717) is 0 Å². The molecule has 2 aromatic carbocycles. The first kappa shape index (κ1) is 13.3. The largest absolute Gasteiger partial charge is 0.381 e. The normalized spacial score (nSPS) is 12.3. The topological polar surface area (TPSA) is 9.23 Å². The summed E-state index contributed by atoms with van der Waals surface area (Å²) in [7, 11) is 1.78. The highest BCUT2D eigenvalue weighted by atomic mass is 79.9. The highest BCUT2D eigenvalue weighted by molar-refractivity contribution is 9.10. The summed E-state index contributed by atoms with van der Waals surface area (Å²) in [4.78, 5) is 0. The second-order valence-electron chi connectivity index (χ2n) is 4.38. The molecule has 0 amide bonds. The van der Waals surface area contributed by atoms with Gasteiger partial charge in [-0.15, -0.1) is 0 Å². The van der Waals surface area contributed by atoms with Crippen molar-refractivity contribution >= 4 is 15.9 Å². The Kier molecular flexibility index (Phi) is 4.97. The monoisotopic (exact) mass is 304 g/mol. The summed E-state index contributed by atoms with van der Waals surface area (Å²) in [6, 6.07) is 18.9. The van der Waals surface area contributed by atoms with Gasteiger partial charge in [-0.1, -0.05) is 58.4 Å². The molecule has 1 nitrogen and oxygen atoms in total. The quantitative estimate of drug-likeness (QED) is 0.802. The molecule has 2 aromatic rings. The molecule has 2 rings (SSSR count). The predicted molar refractivity (Wildman–Crippen MR) is 78.8 cm³/mol. The number of halogens is 1. The fourth-order valence-electron chi connectivity index (χ4n) is 2.04. The zero-order valence-electron chi connectivity index (χ0n) is 10.5. The Labute approximate surface area is 117 Å². The summed E-state index contributed by atoms with van der Waals surface area (Å²) in [5.74, 6) is 0. The minimum atomic E-state index is 0.224. The van der Waals surface area contributed by atoms with Crippen molar-refractivity contribution in [1.29, 1.82) is 0 Å². The second-order valence-corrected chi connectivity index (χ2v) is 5.30. The van der Waals surface area contributed by atoms with Crippen molar-refractivity contribution in [2.75, 3.05) is 7.11 Å². The Balaban J connectivity index is 2.01. The van der Waals surface area contributed by atoms with E-state index in [4.69, 9.17) is 4.74 Å². The third kappa shape index (κ3) is 3.97. The van der Waals surface area contributed by atoms with Crippen LogP contribution in [0.1, 0.15) is 11.1 Å². The molecule has 0 aliphatic rings. The third-order valence-electron chi connectivity index (χ3n) is 2.99. The Bertz CT molecular complexity index is 481. The summed E-state index contributed by atoms with van der Waals surface area (Å²) in [5, 5.41) is 0. The van der Waals surface area contributed by atoms with Crippen molar-refractivity contribution in [3.63, 3.8) is 0 Å². The van der Waals surface area contributed by atoms with Crippen molar-refractivity contribution in [2.24, 2.45) is 0 Å². The molecule has 1 atom stereocenters. The van der Waals surface area contributed by atoms with Gasteiger partial charge in [0, 0.05) is 11.6 Å². The van der Waals surface area contributed by atoms with Gasteiger partial charge < -0.3 is 4.74 Å². The lowest BCUT2D eigenvalue weighted by Gasteiger charge is -2.15. The molecule has 94 valence electrons. The zero-order chi connectivity index (χ0) is 12.8. The number of ether oxygens (including phenoxy) is 1. The summed E-state index contributed by atoms with van der Waals surface area (Å²) >= 11 is 3.50. The van der Waals surface area contributed by atoms with Crippen LogP contribution in [-0.2, 0) is 17.6 Å². The van der Waals surface area contributed by atoms with Crippen LogP contribution in [0.3, 0.4) is 0 Å². The molecule has 0 unspecified atom stereocenters. The van der Waals surface area contributed by atoms with Gasteiger partial charge in [-0.2, -0.15) is 0 Å².